The van der Waals surface area contributed by atoms with Gasteiger partial charge in [0, 0.05) is 25.6 Å². The Morgan fingerprint density at radius 2 is 2.08 bits per heavy atom. The maximum atomic E-state index is 11.8. The molecular weight excluding hydrogens is 318 g/mol. The molecule has 4 rings (SSSR count). The largest absolute Gasteiger partial charge is 0.364 e. The van der Waals surface area contributed by atoms with Crippen molar-refractivity contribution in [2.45, 2.75) is 25.8 Å². The molecule has 1 amide bonds. The number of nitrogens with one attached hydrogen (secondary N) is 1. The number of carbonyl (C=O) groups is 1. The van der Waals surface area contributed by atoms with Crippen molar-refractivity contribution in [3.05, 3.63) is 36.7 Å². The van der Waals surface area contributed by atoms with Crippen LogP contribution < -0.4 is 5.32 Å². The molecule has 0 spiro atoms. The maximum absolute atomic E-state index is 11.8. The smallest absolute Gasteiger partial charge is 0.222 e. The Bertz CT molecular complexity index is 892. The average Bonchev–Trinajstić information content (AvgIpc) is 3.23. The molecule has 8 heteroatoms. The number of carbonyl (C=O) groups excluding carboxylic acids is 1. The van der Waals surface area contributed by atoms with E-state index in [0.29, 0.717) is 29.9 Å². The van der Waals surface area contributed by atoms with Crippen LogP contribution in [0.4, 0.5) is 5.82 Å². The van der Waals surface area contributed by atoms with Crippen molar-refractivity contribution >= 4 is 22.9 Å². The molecule has 25 heavy (non-hydrogen) atoms. The van der Waals surface area contributed by atoms with Crippen LogP contribution in [0.25, 0.3) is 16.9 Å². The first-order valence-electron chi connectivity index (χ1n) is 8.38. The molecule has 1 aliphatic heterocycles. The van der Waals surface area contributed by atoms with Crippen molar-refractivity contribution in [2.75, 3.05) is 18.4 Å². The Kier molecular flexibility index (Phi) is 4.01. The summed E-state index contributed by atoms with van der Waals surface area (Å²) < 4.78 is 1.69. The van der Waals surface area contributed by atoms with Gasteiger partial charge < -0.3 is 10.2 Å². The normalized spacial score (nSPS) is 15.7. The fraction of sp³-hybridized carbons (Fsp3) is 0.353. The number of benzene rings is 1. The summed E-state index contributed by atoms with van der Waals surface area (Å²) in [5.74, 6) is 0.850. The number of anilines is 1. The lowest BCUT2D eigenvalue weighted by molar-refractivity contribution is -0.127. The van der Waals surface area contributed by atoms with Crippen LogP contribution in [0.2, 0.25) is 0 Å². The van der Waals surface area contributed by atoms with Crippen molar-refractivity contribution in [3.8, 4) is 5.69 Å². The number of fused-ring (bicyclic) bond motifs is 1. The van der Waals surface area contributed by atoms with E-state index in [1.165, 1.54) is 6.33 Å². The molecule has 0 unspecified atom stereocenters. The van der Waals surface area contributed by atoms with Crippen molar-refractivity contribution < 1.29 is 4.79 Å². The van der Waals surface area contributed by atoms with E-state index < -0.39 is 0 Å². The van der Waals surface area contributed by atoms with Gasteiger partial charge in [0.1, 0.15) is 6.33 Å². The van der Waals surface area contributed by atoms with Crippen LogP contribution in [0, 0.1) is 0 Å². The fourth-order valence-corrected chi connectivity index (χ4v) is 3.10. The summed E-state index contributed by atoms with van der Waals surface area (Å²) in [5.41, 5.74) is 2.16. The van der Waals surface area contributed by atoms with E-state index in [0.717, 1.165) is 18.7 Å². The van der Waals surface area contributed by atoms with Gasteiger partial charge in [-0.3, -0.25) is 4.79 Å². The van der Waals surface area contributed by atoms with Crippen LogP contribution in [0.5, 0.6) is 0 Å². The lowest BCUT2D eigenvalue weighted by Crippen LogP contribution is -2.35. The predicted octanol–water partition coefficient (Wildman–Crippen LogP) is 1.63. The monoisotopic (exact) mass is 337 g/mol. The molecule has 1 atom stereocenters. The fourth-order valence-electron chi connectivity index (χ4n) is 3.10. The topological polar surface area (TPSA) is 88.8 Å². The summed E-state index contributed by atoms with van der Waals surface area (Å²) >= 11 is 0. The molecule has 0 radical (unpaired) electrons. The molecule has 128 valence electrons. The highest BCUT2D eigenvalue weighted by Crippen LogP contribution is 2.20. The molecule has 3 aromatic rings. The minimum atomic E-state index is 0.0574. The number of likely N-dealkylation sites (tertiary alicyclic amines) is 1. The first-order chi connectivity index (χ1) is 12.2. The van der Waals surface area contributed by atoms with Gasteiger partial charge >= 0.3 is 0 Å². The highest BCUT2D eigenvalue weighted by atomic mass is 16.2. The Labute approximate surface area is 144 Å². The second-order valence-electron chi connectivity index (χ2n) is 6.22. The van der Waals surface area contributed by atoms with E-state index in [1.807, 2.05) is 42.2 Å². The molecule has 1 saturated heterocycles. The number of hydrogen-bond acceptors (Lipinski definition) is 6. The molecule has 8 nitrogen and oxygen atoms in total. The molecule has 1 aromatic carbocycles. The number of hydrogen-bond donors (Lipinski definition) is 1. The van der Waals surface area contributed by atoms with Crippen LogP contribution >= 0.6 is 0 Å². The number of aromatic nitrogens is 5. The van der Waals surface area contributed by atoms with Crippen LogP contribution in [-0.4, -0.2) is 54.9 Å². The van der Waals surface area contributed by atoms with Gasteiger partial charge in [-0.1, -0.05) is 23.4 Å². The minimum absolute atomic E-state index is 0.0574. The molecule has 0 aliphatic carbocycles. The summed E-state index contributed by atoms with van der Waals surface area (Å²) in [7, 11) is 0. The standard InChI is InChI=1S/C17H19N7O/c1-12(10-23-9-5-8-14(23)25)20-16-15-17(19-11-18-16)24(22-21-15)13-6-3-2-4-7-13/h2-4,6-7,11-12H,5,8-10H2,1H3,(H,18,19,20)/t12-/m0/s1. The van der Waals surface area contributed by atoms with Gasteiger partial charge in [0.25, 0.3) is 0 Å². The number of rotatable bonds is 5. The van der Waals surface area contributed by atoms with Gasteiger partial charge in [-0.15, -0.1) is 5.10 Å². The van der Waals surface area contributed by atoms with E-state index in [4.69, 9.17) is 0 Å². The lowest BCUT2D eigenvalue weighted by Gasteiger charge is -2.21. The van der Waals surface area contributed by atoms with E-state index >= 15 is 0 Å². The Hall–Kier alpha value is -3.03. The molecule has 2 aromatic heterocycles. The Morgan fingerprint density at radius 1 is 1.24 bits per heavy atom. The number of amides is 1. The zero-order chi connectivity index (χ0) is 17.2. The molecule has 3 heterocycles. The number of para-hydroxylation sites is 1. The molecule has 1 fully saturated rings. The third kappa shape index (κ3) is 3.02. The second-order valence-corrected chi connectivity index (χ2v) is 6.22. The Balaban J connectivity index is 1.58. The molecular formula is C17H19N7O. The highest BCUT2D eigenvalue weighted by molar-refractivity contribution is 5.83. The van der Waals surface area contributed by atoms with Gasteiger partial charge in [0.2, 0.25) is 5.91 Å². The molecule has 0 bridgehead atoms. The van der Waals surface area contributed by atoms with E-state index in [9.17, 15) is 4.79 Å². The SMILES string of the molecule is C[C@@H](CN1CCCC1=O)Nc1ncnc2c1nnn2-c1ccccc1. The maximum Gasteiger partial charge on any atom is 0.222 e. The van der Waals surface area contributed by atoms with Gasteiger partial charge in [0.15, 0.2) is 17.0 Å². The summed E-state index contributed by atoms with van der Waals surface area (Å²) in [6.07, 6.45) is 3.09. The van der Waals surface area contributed by atoms with Crippen LogP contribution in [0.3, 0.4) is 0 Å². The highest BCUT2D eigenvalue weighted by Gasteiger charge is 2.22. The van der Waals surface area contributed by atoms with E-state index in [1.54, 1.807) is 4.68 Å². The first-order valence-corrected chi connectivity index (χ1v) is 8.38. The van der Waals surface area contributed by atoms with Crippen molar-refractivity contribution in [1.82, 2.24) is 29.9 Å². The third-order valence-corrected chi connectivity index (χ3v) is 4.29. The van der Waals surface area contributed by atoms with Gasteiger partial charge in [0.05, 0.1) is 5.69 Å². The first kappa shape index (κ1) is 15.5. The molecule has 1 aliphatic rings. The van der Waals surface area contributed by atoms with Crippen molar-refractivity contribution in [2.24, 2.45) is 0 Å². The number of nitrogens with zero attached hydrogens (tertiary/aromatic N) is 6. The van der Waals surface area contributed by atoms with Crippen LogP contribution in [0.1, 0.15) is 19.8 Å². The summed E-state index contributed by atoms with van der Waals surface area (Å²) in [6.45, 7) is 3.51. The van der Waals surface area contributed by atoms with E-state index in [2.05, 4.69) is 25.6 Å². The van der Waals surface area contributed by atoms with Crippen LogP contribution in [-0.2, 0) is 4.79 Å². The van der Waals surface area contributed by atoms with E-state index in [-0.39, 0.29) is 11.9 Å². The van der Waals surface area contributed by atoms with Gasteiger partial charge in [-0.25, -0.2) is 9.97 Å². The summed E-state index contributed by atoms with van der Waals surface area (Å²) in [6, 6.07) is 9.79. The zero-order valence-electron chi connectivity index (χ0n) is 14.0. The second kappa shape index (κ2) is 6.46. The van der Waals surface area contributed by atoms with Crippen molar-refractivity contribution in [1.29, 1.82) is 0 Å². The van der Waals surface area contributed by atoms with Gasteiger partial charge in [-0.05, 0) is 25.5 Å². The lowest BCUT2D eigenvalue weighted by atomic mass is 10.3. The minimum Gasteiger partial charge on any atom is -0.364 e. The molecule has 0 saturated carbocycles. The predicted molar refractivity (Wildman–Crippen MR) is 93.4 cm³/mol. The van der Waals surface area contributed by atoms with Crippen LogP contribution in [0.15, 0.2) is 36.7 Å². The van der Waals surface area contributed by atoms with Crippen molar-refractivity contribution in [3.63, 3.8) is 0 Å². The zero-order valence-corrected chi connectivity index (χ0v) is 14.0. The summed E-state index contributed by atoms with van der Waals surface area (Å²) in [4.78, 5) is 22.3. The Morgan fingerprint density at radius 3 is 2.84 bits per heavy atom. The third-order valence-electron chi connectivity index (χ3n) is 4.29. The average molecular weight is 337 g/mol. The van der Waals surface area contributed by atoms with Gasteiger partial charge in [-0.2, -0.15) is 4.68 Å². The summed E-state index contributed by atoms with van der Waals surface area (Å²) in [5, 5.41) is 11.8. The molecule has 1 N–H and O–H groups in total. The quantitative estimate of drug-likeness (QED) is 0.761.